The largest absolute Gasteiger partial charge is 0.508 e. The third kappa shape index (κ3) is 2.96. The molecule has 1 saturated carbocycles. The van der Waals surface area contributed by atoms with Crippen molar-refractivity contribution in [2.45, 2.75) is 70.1 Å². The lowest BCUT2D eigenvalue weighted by Crippen LogP contribution is -2.59. The van der Waals surface area contributed by atoms with Crippen molar-refractivity contribution in [3.05, 3.63) is 29.3 Å². The molecule has 142 valence electrons. The van der Waals surface area contributed by atoms with Crippen molar-refractivity contribution in [2.24, 2.45) is 11.8 Å². The van der Waals surface area contributed by atoms with Crippen LogP contribution in [0.15, 0.2) is 18.2 Å². The maximum atomic E-state index is 11.0. The fourth-order valence-electron chi connectivity index (χ4n) is 5.51. The summed E-state index contributed by atoms with van der Waals surface area (Å²) >= 11 is 0. The first-order valence-corrected chi connectivity index (χ1v) is 9.92. The topological polar surface area (TPSA) is 67.8 Å². The van der Waals surface area contributed by atoms with E-state index in [1.165, 1.54) is 43.2 Å². The van der Waals surface area contributed by atoms with Crippen LogP contribution in [0, 0.1) is 11.8 Å². The number of benzene rings is 1. The van der Waals surface area contributed by atoms with Crippen molar-refractivity contribution in [1.29, 1.82) is 0 Å². The van der Waals surface area contributed by atoms with Gasteiger partial charge in [-0.2, -0.15) is 0 Å². The molecule has 0 spiro atoms. The fourth-order valence-corrected chi connectivity index (χ4v) is 5.51. The van der Waals surface area contributed by atoms with Crippen LogP contribution in [0.5, 0.6) is 5.75 Å². The van der Waals surface area contributed by atoms with Crippen LogP contribution in [0.1, 0.15) is 57.1 Å². The van der Waals surface area contributed by atoms with Gasteiger partial charge in [0.15, 0.2) is 0 Å². The maximum absolute atomic E-state index is 11.0. The Bertz CT molecular complexity index is 685. The summed E-state index contributed by atoms with van der Waals surface area (Å²) in [7, 11) is 0. The van der Waals surface area contributed by atoms with E-state index in [4.69, 9.17) is 14.6 Å². The predicted molar refractivity (Wildman–Crippen MR) is 98.6 cm³/mol. The Kier molecular flexibility index (Phi) is 4.59. The van der Waals surface area contributed by atoms with Gasteiger partial charge in [-0.25, -0.2) is 4.79 Å². The summed E-state index contributed by atoms with van der Waals surface area (Å²) in [6.07, 6.45) is 5.38. The first-order chi connectivity index (χ1) is 12.5. The van der Waals surface area contributed by atoms with E-state index in [0.717, 1.165) is 18.7 Å². The number of ether oxygens (including phenoxy) is 2. The molecule has 3 aliphatic rings. The minimum atomic E-state index is -1.30. The van der Waals surface area contributed by atoms with Crippen LogP contribution in [0.4, 0.5) is 4.79 Å². The third-order valence-corrected chi connectivity index (χ3v) is 6.63. The van der Waals surface area contributed by atoms with Crippen LogP contribution in [0.2, 0.25) is 0 Å². The normalized spacial score (nSPS) is 30.9. The molecule has 1 aromatic rings. The second-order valence-electron chi connectivity index (χ2n) is 8.46. The lowest BCUT2D eigenvalue weighted by Gasteiger charge is -2.56. The van der Waals surface area contributed by atoms with Crippen molar-refractivity contribution >= 4 is 6.16 Å². The first-order valence-electron chi connectivity index (χ1n) is 9.92. The average Bonchev–Trinajstić information content (AvgIpc) is 2.61. The van der Waals surface area contributed by atoms with Gasteiger partial charge in [-0.05, 0) is 61.4 Å². The molecule has 1 aromatic carbocycles. The molecule has 1 aliphatic heterocycles. The molecular formula is C21H29NO4. The summed E-state index contributed by atoms with van der Waals surface area (Å²) < 4.78 is 10.9. The molecule has 1 heterocycles. The van der Waals surface area contributed by atoms with Gasteiger partial charge in [0.25, 0.3) is 0 Å². The lowest BCUT2D eigenvalue weighted by molar-refractivity contribution is -0.0794. The number of rotatable bonds is 4. The van der Waals surface area contributed by atoms with Gasteiger partial charge in [0, 0.05) is 17.4 Å². The summed E-state index contributed by atoms with van der Waals surface area (Å²) in [5.41, 5.74) is 3.13. The number of nitrogens with one attached hydrogen (secondary N) is 1. The molecule has 1 saturated heterocycles. The van der Waals surface area contributed by atoms with Crippen LogP contribution in [0.25, 0.3) is 0 Å². The zero-order valence-electron chi connectivity index (χ0n) is 15.7. The van der Waals surface area contributed by atoms with E-state index >= 15 is 0 Å². The summed E-state index contributed by atoms with van der Waals surface area (Å²) in [6, 6.07) is 6.92. The lowest BCUT2D eigenvalue weighted by atomic mass is 9.53. The number of piperidine rings is 1. The van der Waals surface area contributed by atoms with Gasteiger partial charge in [-0.15, -0.1) is 0 Å². The number of carboxylic acid groups (broad SMARTS) is 1. The zero-order valence-corrected chi connectivity index (χ0v) is 15.7. The molecule has 2 aliphatic carbocycles. The Morgan fingerprint density at radius 2 is 2.15 bits per heavy atom. The van der Waals surface area contributed by atoms with Gasteiger partial charge in [0.1, 0.15) is 5.75 Å². The van der Waals surface area contributed by atoms with Gasteiger partial charge >= 0.3 is 6.16 Å². The molecule has 2 fully saturated rings. The minimum Gasteiger partial charge on any atom is -0.454 e. The van der Waals surface area contributed by atoms with Gasteiger partial charge in [0.2, 0.25) is 6.29 Å². The SMILES string of the molecule is CC(C)C(OC(=O)O)Oc1ccc2c(c1)[C@@]13CCCC[C@@H]1[C@@H](C2)NCC3. The van der Waals surface area contributed by atoms with Crippen LogP contribution in [0.3, 0.4) is 0 Å². The molecule has 4 atom stereocenters. The molecule has 5 nitrogen and oxygen atoms in total. The van der Waals surface area contributed by atoms with E-state index in [9.17, 15) is 4.79 Å². The Balaban J connectivity index is 1.67. The van der Waals surface area contributed by atoms with Gasteiger partial charge in [-0.1, -0.05) is 32.8 Å². The number of fused-ring (bicyclic) bond motifs is 1. The molecule has 1 unspecified atom stereocenters. The summed E-state index contributed by atoms with van der Waals surface area (Å²) in [4.78, 5) is 11.0. The number of carbonyl (C=O) groups is 1. The van der Waals surface area contributed by atoms with Crippen LogP contribution in [-0.4, -0.2) is 30.1 Å². The van der Waals surface area contributed by atoms with E-state index < -0.39 is 12.4 Å². The fraction of sp³-hybridized carbons (Fsp3) is 0.667. The molecule has 2 N–H and O–H groups in total. The second-order valence-corrected chi connectivity index (χ2v) is 8.46. The van der Waals surface area contributed by atoms with E-state index in [-0.39, 0.29) is 11.3 Å². The molecule has 0 radical (unpaired) electrons. The molecule has 0 aromatic heterocycles. The smallest absolute Gasteiger partial charge is 0.454 e. The van der Waals surface area contributed by atoms with E-state index in [0.29, 0.717) is 12.0 Å². The quantitative estimate of drug-likeness (QED) is 0.626. The maximum Gasteiger partial charge on any atom is 0.508 e. The van der Waals surface area contributed by atoms with Crippen LogP contribution in [-0.2, 0) is 16.6 Å². The monoisotopic (exact) mass is 359 g/mol. The first kappa shape index (κ1) is 17.7. The number of hydrogen-bond acceptors (Lipinski definition) is 4. The molecule has 4 rings (SSSR count). The van der Waals surface area contributed by atoms with E-state index in [1.54, 1.807) is 0 Å². The minimum absolute atomic E-state index is 0.0500. The highest BCUT2D eigenvalue weighted by Gasteiger charge is 2.51. The summed E-state index contributed by atoms with van der Waals surface area (Å²) in [6.45, 7) is 4.89. The Morgan fingerprint density at radius 3 is 2.92 bits per heavy atom. The van der Waals surface area contributed by atoms with E-state index in [2.05, 4.69) is 17.4 Å². The van der Waals surface area contributed by atoms with E-state index in [1.807, 2.05) is 19.9 Å². The van der Waals surface area contributed by atoms with Crippen molar-refractivity contribution in [2.75, 3.05) is 6.54 Å². The van der Waals surface area contributed by atoms with Crippen molar-refractivity contribution in [1.82, 2.24) is 5.32 Å². The van der Waals surface area contributed by atoms with Gasteiger partial charge in [-0.3, -0.25) is 0 Å². The Hall–Kier alpha value is -1.75. The average molecular weight is 359 g/mol. The highest BCUT2D eigenvalue weighted by molar-refractivity contribution is 5.57. The highest BCUT2D eigenvalue weighted by atomic mass is 16.8. The highest BCUT2D eigenvalue weighted by Crippen LogP contribution is 2.54. The van der Waals surface area contributed by atoms with Crippen molar-refractivity contribution < 1.29 is 19.4 Å². The third-order valence-electron chi connectivity index (χ3n) is 6.63. The van der Waals surface area contributed by atoms with Crippen LogP contribution >= 0.6 is 0 Å². The molecule has 5 heteroatoms. The van der Waals surface area contributed by atoms with Gasteiger partial charge < -0.3 is 19.9 Å². The summed E-state index contributed by atoms with van der Waals surface area (Å²) in [5, 5.41) is 12.7. The molecular weight excluding hydrogens is 330 g/mol. The molecule has 2 bridgehead atoms. The van der Waals surface area contributed by atoms with Crippen molar-refractivity contribution in [3.8, 4) is 5.75 Å². The number of hydrogen-bond donors (Lipinski definition) is 2. The predicted octanol–water partition coefficient (Wildman–Crippen LogP) is 4.09. The second kappa shape index (κ2) is 6.76. The standard InChI is InChI=1S/C21H29NO4/c1-13(2)19(26-20(23)24)25-15-7-6-14-11-18-16-5-3-4-8-21(16,9-10-22-18)17(14)12-15/h6-7,12-13,16,18-19,22H,3-5,8-11H2,1-2H3,(H,23,24)/t16-,18-,19?,21-/m1/s1. The Labute approximate surface area is 155 Å². The van der Waals surface area contributed by atoms with Gasteiger partial charge in [0.05, 0.1) is 0 Å². The Morgan fingerprint density at radius 1 is 1.31 bits per heavy atom. The zero-order chi connectivity index (χ0) is 18.3. The molecule has 26 heavy (non-hydrogen) atoms. The van der Waals surface area contributed by atoms with Crippen molar-refractivity contribution in [3.63, 3.8) is 0 Å². The molecule has 0 amide bonds. The summed E-state index contributed by atoms with van der Waals surface area (Å²) in [5.74, 6) is 1.38. The van der Waals surface area contributed by atoms with Crippen LogP contribution < -0.4 is 10.1 Å².